The Bertz CT molecular complexity index is 809. The maximum atomic E-state index is 13.0. The van der Waals surface area contributed by atoms with Crippen molar-refractivity contribution < 1.29 is 4.79 Å². The fourth-order valence-electron chi connectivity index (χ4n) is 5.68. The summed E-state index contributed by atoms with van der Waals surface area (Å²) in [5.74, 6) is 3.53. The zero-order valence-electron chi connectivity index (χ0n) is 14.3. The molecule has 2 heteroatoms. The molecule has 4 unspecified atom stereocenters. The van der Waals surface area contributed by atoms with E-state index in [1.54, 1.807) is 0 Å². The second-order valence-corrected chi connectivity index (χ2v) is 8.57. The Labute approximate surface area is 154 Å². The number of aryl methyl sites for hydroxylation is 1. The van der Waals surface area contributed by atoms with Crippen molar-refractivity contribution in [1.29, 1.82) is 0 Å². The Kier molecular flexibility index (Phi) is 3.74. The lowest BCUT2D eigenvalue weighted by Crippen LogP contribution is -2.25. The van der Waals surface area contributed by atoms with Crippen LogP contribution in [0.4, 0.5) is 0 Å². The van der Waals surface area contributed by atoms with Crippen LogP contribution in [0.15, 0.2) is 48.5 Å². The molecule has 0 heterocycles. The molecule has 2 saturated carbocycles. The molecular formula is C23H23ClO. The molecule has 2 fully saturated rings. The SMILES string of the molecule is O=C1c2ccccc2CCC1C1C2CCC(c3ccc(Cl)cc3)C[C@H]21. The van der Waals surface area contributed by atoms with E-state index in [4.69, 9.17) is 11.6 Å². The summed E-state index contributed by atoms with van der Waals surface area (Å²) in [5, 5.41) is 0.813. The molecular weight excluding hydrogens is 328 g/mol. The van der Waals surface area contributed by atoms with Gasteiger partial charge in [0.1, 0.15) is 0 Å². The number of Topliss-reactive ketones (excluding diaryl/α,β-unsaturated/α-hetero) is 1. The van der Waals surface area contributed by atoms with E-state index in [1.807, 2.05) is 24.3 Å². The summed E-state index contributed by atoms with van der Waals surface area (Å²) in [6, 6.07) is 16.6. The Balaban J connectivity index is 1.32. The number of hydrogen-bond acceptors (Lipinski definition) is 1. The molecule has 3 aliphatic rings. The van der Waals surface area contributed by atoms with Crippen molar-refractivity contribution in [3.8, 4) is 0 Å². The number of carbonyl (C=O) groups is 1. The van der Waals surface area contributed by atoms with Crippen molar-refractivity contribution in [2.75, 3.05) is 0 Å². The van der Waals surface area contributed by atoms with Gasteiger partial charge in [-0.1, -0.05) is 48.0 Å². The van der Waals surface area contributed by atoms with E-state index in [0.717, 1.165) is 35.3 Å². The monoisotopic (exact) mass is 350 g/mol. The fourth-order valence-corrected chi connectivity index (χ4v) is 5.80. The van der Waals surface area contributed by atoms with Crippen LogP contribution >= 0.6 is 11.6 Å². The summed E-state index contributed by atoms with van der Waals surface area (Å²) in [4.78, 5) is 13.0. The molecule has 128 valence electrons. The minimum Gasteiger partial charge on any atom is -0.294 e. The molecule has 0 amide bonds. The lowest BCUT2D eigenvalue weighted by Gasteiger charge is -2.23. The summed E-state index contributed by atoms with van der Waals surface area (Å²) in [6.45, 7) is 0. The number of ketones is 1. The van der Waals surface area contributed by atoms with E-state index in [1.165, 1.54) is 30.4 Å². The zero-order valence-corrected chi connectivity index (χ0v) is 15.1. The van der Waals surface area contributed by atoms with E-state index in [-0.39, 0.29) is 5.92 Å². The molecule has 5 rings (SSSR count). The molecule has 0 aromatic heterocycles. The van der Waals surface area contributed by atoms with E-state index in [9.17, 15) is 4.79 Å². The highest BCUT2D eigenvalue weighted by molar-refractivity contribution is 6.30. The Morgan fingerprint density at radius 3 is 2.52 bits per heavy atom. The van der Waals surface area contributed by atoms with Crippen LogP contribution < -0.4 is 0 Å². The van der Waals surface area contributed by atoms with Gasteiger partial charge in [-0.05, 0) is 79.0 Å². The molecule has 25 heavy (non-hydrogen) atoms. The minimum atomic E-state index is 0.272. The van der Waals surface area contributed by atoms with Crippen molar-refractivity contribution >= 4 is 17.4 Å². The van der Waals surface area contributed by atoms with Crippen molar-refractivity contribution in [2.45, 2.75) is 38.0 Å². The van der Waals surface area contributed by atoms with Crippen LogP contribution in [-0.2, 0) is 6.42 Å². The van der Waals surface area contributed by atoms with E-state index >= 15 is 0 Å². The Morgan fingerprint density at radius 1 is 0.880 bits per heavy atom. The highest BCUT2D eigenvalue weighted by Crippen LogP contribution is 2.63. The summed E-state index contributed by atoms with van der Waals surface area (Å²) < 4.78 is 0. The van der Waals surface area contributed by atoms with Crippen molar-refractivity contribution in [2.24, 2.45) is 23.7 Å². The summed E-state index contributed by atoms with van der Waals surface area (Å²) in [6.07, 6.45) is 5.93. The van der Waals surface area contributed by atoms with Gasteiger partial charge in [0.15, 0.2) is 5.78 Å². The Hall–Kier alpha value is -1.60. The van der Waals surface area contributed by atoms with Gasteiger partial charge in [0.05, 0.1) is 0 Å². The largest absolute Gasteiger partial charge is 0.294 e. The van der Waals surface area contributed by atoms with Gasteiger partial charge >= 0.3 is 0 Å². The fraction of sp³-hybridized carbons (Fsp3) is 0.435. The standard InChI is InChI=1S/C23H23ClO/c24-17-9-5-14(6-10-17)16-8-11-19-21(13-16)22(19)20-12-7-15-3-1-2-4-18(15)23(20)25/h1-6,9-10,16,19-22H,7-8,11-13H2/t16?,19?,20?,21-,22?/m1/s1. The van der Waals surface area contributed by atoms with E-state index in [0.29, 0.717) is 17.6 Å². The maximum Gasteiger partial charge on any atom is 0.166 e. The Morgan fingerprint density at radius 2 is 1.68 bits per heavy atom. The third-order valence-corrected chi connectivity index (χ3v) is 7.21. The normalized spacial score (nSPS) is 33.5. The number of hydrogen-bond donors (Lipinski definition) is 0. The van der Waals surface area contributed by atoms with Gasteiger partial charge < -0.3 is 0 Å². The van der Waals surface area contributed by atoms with Crippen LogP contribution in [0.1, 0.15) is 53.1 Å². The first-order chi connectivity index (χ1) is 12.2. The summed E-state index contributed by atoms with van der Waals surface area (Å²) >= 11 is 6.03. The predicted molar refractivity (Wildman–Crippen MR) is 101 cm³/mol. The van der Waals surface area contributed by atoms with Crippen LogP contribution in [0.5, 0.6) is 0 Å². The van der Waals surface area contributed by atoms with Gasteiger partial charge in [-0.25, -0.2) is 0 Å². The molecule has 0 aliphatic heterocycles. The number of carbonyl (C=O) groups excluding carboxylic acids is 1. The molecule has 0 spiro atoms. The molecule has 0 saturated heterocycles. The van der Waals surface area contributed by atoms with Gasteiger partial charge in [-0.2, -0.15) is 0 Å². The van der Waals surface area contributed by atoms with E-state index < -0.39 is 0 Å². The molecule has 5 atom stereocenters. The molecule has 2 aromatic carbocycles. The molecule has 3 aliphatic carbocycles. The predicted octanol–water partition coefficient (Wildman–Crippen LogP) is 5.92. The number of rotatable bonds is 2. The van der Waals surface area contributed by atoms with Gasteiger partial charge in [-0.15, -0.1) is 0 Å². The zero-order chi connectivity index (χ0) is 17.0. The van der Waals surface area contributed by atoms with Crippen LogP contribution in [0, 0.1) is 23.7 Å². The van der Waals surface area contributed by atoms with Gasteiger partial charge in [0, 0.05) is 16.5 Å². The number of halogens is 1. The topological polar surface area (TPSA) is 17.1 Å². The third kappa shape index (κ3) is 2.64. The molecule has 2 aromatic rings. The van der Waals surface area contributed by atoms with E-state index in [2.05, 4.69) is 24.3 Å². The van der Waals surface area contributed by atoms with Crippen molar-refractivity contribution in [3.05, 3.63) is 70.2 Å². The van der Waals surface area contributed by atoms with Crippen molar-refractivity contribution in [3.63, 3.8) is 0 Å². The summed E-state index contributed by atoms with van der Waals surface area (Å²) in [7, 11) is 0. The molecule has 0 N–H and O–H groups in total. The minimum absolute atomic E-state index is 0.272. The lowest BCUT2D eigenvalue weighted by molar-refractivity contribution is 0.0876. The molecule has 0 bridgehead atoms. The average Bonchev–Trinajstić information content (AvgIpc) is 3.36. The van der Waals surface area contributed by atoms with Gasteiger partial charge in [0.2, 0.25) is 0 Å². The van der Waals surface area contributed by atoms with Crippen LogP contribution in [0.25, 0.3) is 0 Å². The maximum absolute atomic E-state index is 13.0. The summed E-state index contributed by atoms with van der Waals surface area (Å²) in [5.41, 5.74) is 3.68. The van der Waals surface area contributed by atoms with Crippen LogP contribution in [-0.4, -0.2) is 5.78 Å². The first-order valence-corrected chi connectivity index (χ1v) is 9.98. The van der Waals surface area contributed by atoms with Gasteiger partial charge in [0.25, 0.3) is 0 Å². The lowest BCUT2D eigenvalue weighted by atomic mass is 9.79. The van der Waals surface area contributed by atoms with Crippen LogP contribution in [0.2, 0.25) is 5.02 Å². The highest BCUT2D eigenvalue weighted by atomic mass is 35.5. The highest BCUT2D eigenvalue weighted by Gasteiger charge is 2.57. The quantitative estimate of drug-likeness (QED) is 0.657. The second-order valence-electron chi connectivity index (χ2n) is 8.13. The van der Waals surface area contributed by atoms with Crippen molar-refractivity contribution in [1.82, 2.24) is 0 Å². The first-order valence-electron chi connectivity index (χ1n) is 9.60. The first kappa shape index (κ1) is 15.6. The third-order valence-electron chi connectivity index (χ3n) is 6.95. The molecule has 0 radical (unpaired) electrons. The second kappa shape index (κ2) is 5.99. The van der Waals surface area contributed by atoms with Gasteiger partial charge in [-0.3, -0.25) is 4.79 Å². The molecule has 1 nitrogen and oxygen atoms in total. The van der Waals surface area contributed by atoms with Crippen LogP contribution in [0.3, 0.4) is 0 Å². The number of fused-ring (bicyclic) bond motifs is 2. The average molecular weight is 351 g/mol. The number of benzene rings is 2. The smallest absolute Gasteiger partial charge is 0.166 e.